The summed E-state index contributed by atoms with van der Waals surface area (Å²) in [5.41, 5.74) is 0.776. The van der Waals surface area contributed by atoms with Gasteiger partial charge >= 0.3 is 7.12 Å². The lowest BCUT2D eigenvalue weighted by Crippen LogP contribution is -2.41. The standard InChI is InChI=1S/C16H24BClO4/c1-15(2)16(3,4)22-17(21-15)12-7-5-11(6-8-12)14(20)13(19)9-10-18/h5-8,13-14,19-20H,9-10H2,1-4H3. The van der Waals surface area contributed by atoms with Gasteiger partial charge < -0.3 is 19.5 Å². The van der Waals surface area contributed by atoms with Crippen molar-refractivity contribution in [1.82, 2.24) is 0 Å². The molecule has 0 spiro atoms. The molecule has 1 aliphatic rings. The third-order valence-corrected chi connectivity index (χ3v) is 4.79. The van der Waals surface area contributed by atoms with Crippen molar-refractivity contribution in [1.29, 1.82) is 0 Å². The van der Waals surface area contributed by atoms with Crippen LogP contribution in [-0.2, 0) is 9.31 Å². The highest BCUT2D eigenvalue weighted by Crippen LogP contribution is 2.36. The number of rotatable bonds is 5. The van der Waals surface area contributed by atoms with Crippen molar-refractivity contribution in [2.45, 2.75) is 57.5 Å². The minimum atomic E-state index is -0.939. The molecule has 1 heterocycles. The molecule has 22 heavy (non-hydrogen) atoms. The fourth-order valence-corrected chi connectivity index (χ4v) is 2.54. The Morgan fingerprint density at radius 1 is 1.05 bits per heavy atom. The molecule has 1 aliphatic heterocycles. The van der Waals surface area contributed by atoms with Gasteiger partial charge in [0.25, 0.3) is 0 Å². The second kappa shape index (κ2) is 6.50. The third-order valence-electron chi connectivity index (χ3n) is 4.57. The van der Waals surface area contributed by atoms with Crippen LogP contribution in [0, 0.1) is 0 Å². The van der Waals surface area contributed by atoms with E-state index in [2.05, 4.69) is 0 Å². The number of aliphatic hydroxyl groups excluding tert-OH is 2. The van der Waals surface area contributed by atoms with E-state index in [-0.39, 0.29) is 11.2 Å². The summed E-state index contributed by atoms with van der Waals surface area (Å²) in [7, 11) is -0.427. The van der Waals surface area contributed by atoms with Gasteiger partial charge in [0.1, 0.15) is 6.10 Å². The van der Waals surface area contributed by atoms with E-state index in [4.69, 9.17) is 20.9 Å². The molecule has 2 rings (SSSR count). The fourth-order valence-electron chi connectivity index (χ4n) is 2.32. The minimum absolute atomic E-state index is 0.310. The zero-order chi connectivity index (χ0) is 16.5. The van der Waals surface area contributed by atoms with Crippen LogP contribution in [0.3, 0.4) is 0 Å². The summed E-state index contributed by atoms with van der Waals surface area (Å²) in [5, 5.41) is 19.9. The number of halogens is 1. The first-order valence-electron chi connectivity index (χ1n) is 7.55. The molecule has 2 N–H and O–H groups in total. The molecule has 4 nitrogen and oxygen atoms in total. The minimum Gasteiger partial charge on any atom is -0.399 e. The number of alkyl halides is 1. The maximum absolute atomic E-state index is 10.1. The van der Waals surface area contributed by atoms with E-state index in [9.17, 15) is 10.2 Å². The monoisotopic (exact) mass is 326 g/mol. The Balaban J connectivity index is 2.10. The van der Waals surface area contributed by atoms with E-state index < -0.39 is 19.3 Å². The largest absolute Gasteiger partial charge is 0.494 e. The zero-order valence-corrected chi connectivity index (χ0v) is 14.3. The quantitative estimate of drug-likeness (QED) is 0.642. The van der Waals surface area contributed by atoms with Gasteiger partial charge in [0.2, 0.25) is 0 Å². The molecule has 0 saturated carbocycles. The van der Waals surface area contributed by atoms with Crippen LogP contribution in [0.5, 0.6) is 0 Å². The summed E-state index contributed by atoms with van der Waals surface area (Å²) in [6, 6.07) is 7.27. The fraction of sp³-hybridized carbons (Fsp3) is 0.625. The van der Waals surface area contributed by atoms with Crippen molar-refractivity contribution in [3.63, 3.8) is 0 Å². The molecule has 2 atom stereocenters. The molecule has 2 unspecified atom stereocenters. The molecule has 0 amide bonds. The van der Waals surface area contributed by atoms with E-state index in [0.29, 0.717) is 17.9 Å². The van der Waals surface area contributed by atoms with Crippen molar-refractivity contribution >= 4 is 24.2 Å². The van der Waals surface area contributed by atoms with Crippen LogP contribution in [-0.4, -0.2) is 40.5 Å². The number of aliphatic hydroxyl groups is 2. The Morgan fingerprint density at radius 3 is 2.00 bits per heavy atom. The Kier molecular flexibility index (Phi) is 5.25. The van der Waals surface area contributed by atoms with Gasteiger partial charge in [0.05, 0.1) is 17.3 Å². The third kappa shape index (κ3) is 3.49. The van der Waals surface area contributed by atoms with Gasteiger partial charge in [0.15, 0.2) is 0 Å². The highest BCUT2D eigenvalue weighted by atomic mass is 35.5. The predicted octanol–water partition coefficient (Wildman–Crippen LogP) is 2.01. The first kappa shape index (κ1) is 17.8. The lowest BCUT2D eigenvalue weighted by molar-refractivity contribution is 0.00578. The molecule has 1 saturated heterocycles. The Bertz CT molecular complexity index is 487. The van der Waals surface area contributed by atoms with Crippen molar-refractivity contribution in [2.24, 2.45) is 0 Å². The summed E-state index contributed by atoms with van der Waals surface area (Å²) in [4.78, 5) is 0. The van der Waals surface area contributed by atoms with Crippen LogP contribution in [0.2, 0.25) is 0 Å². The van der Waals surface area contributed by atoms with Gasteiger partial charge in [-0.15, -0.1) is 11.6 Å². The van der Waals surface area contributed by atoms with E-state index in [1.54, 1.807) is 12.1 Å². The average molecular weight is 327 g/mol. The van der Waals surface area contributed by atoms with E-state index in [0.717, 1.165) is 5.46 Å². The molecule has 0 radical (unpaired) electrons. The lowest BCUT2D eigenvalue weighted by Gasteiger charge is -2.32. The SMILES string of the molecule is CC1(C)OB(c2ccc(C(O)C(O)CCCl)cc2)OC1(C)C. The molecule has 6 heteroatoms. The second-order valence-electron chi connectivity index (χ2n) is 6.74. The summed E-state index contributed by atoms with van der Waals surface area (Å²) in [6.07, 6.45) is -1.45. The molecule has 0 bridgehead atoms. The molecule has 122 valence electrons. The van der Waals surface area contributed by atoms with E-state index in [1.165, 1.54) is 0 Å². The summed E-state index contributed by atoms with van der Waals surface area (Å²) < 4.78 is 12.0. The molecule has 0 aliphatic carbocycles. The molecule has 1 aromatic rings. The van der Waals surface area contributed by atoms with Crippen LogP contribution in [0.25, 0.3) is 0 Å². The maximum atomic E-state index is 10.1. The highest BCUT2D eigenvalue weighted by molar-refractivity contribution is 6.62. The van der Waals surface area contributed by atoms with Crippen LogP contribution in [0.1, 0.15) is 45.8 Å². The van der Waals surface area contributed by atoms with Gasteiger partial charge in [0, 0.05) is 5.88 Å². The summed E-state index contributed by atoms with van der Waals surface area (Å²) >= 11 is 5.59. The summed E-state index contributed by atoms with van der Waals surface area (Å²) in [5.74, 6) is 0.310. The van der Waals surface area contributed by atoms with Gasteiger partial charge in [-0.25, -0.2) is 0 Å². The predicted molar refractivity (Wildman–Crippen MR) is 88.5 cm³/mol. The van der Waals surface area contributed by atoms with Gasteiger partial charge in [-0.1, -0.05) is 24.3 Å². The molecular weight excluding hydrogens is 302 g/mol. The molecule has 1 aromatic carbocycles. The van der Waals surface area contributed by atoms with Crippen molar-refractivity contribution in [3.8, 4) is 0 Å². The van der Waals surface area contributed by atoms with Crippen LogP contribution >= 0.6 is 11.6 Å². The topological polar surface area (TPSA) is 58.9 Å². The highest BCUT2D eigenvalue weighted by Gasteiger charge is 2.51. The van der Waals surface area contributed by atoms with Crippen molar-refractivity contribution in [3.05, 3.63) is 29.8 Å². The summed E-state index contributed by atoms with van der Waals surface area (Å²) in [6.45, 7) is 8.03. The van der Waals surface area contributed by atoms with Gasteiger partial charge in [-0.2, -0.15) is 0 Å². The Labute approximate surface area is 137 Å². The molecule has 1 fully saturated rings. The number of hydrogen-bond acceptors (Lipinski definition) is 4. The van der Waals surface area contributed by atoms with Crippen LogP contribution in [0.15, 0.2) is 24.3 Å². The Hall–Kier alpha value is -0.585. The first-order chi connectivity index (χ1) is 10.2. The molecule has 0 aromatic heterocycles. The van der Waals surface area contributed by atoms with Gasteiger partial charge in [-0.3, -0.25) is 0 Å². The average Bonchev–Trinajstić information content (AvgIpc) is 2.67. The van der Waals surface area contributed by atoms with Gasteiger partial charge in [-0.05, 0) is 45.1 Å². The van der Waals surface area contributed by atoms with Crippen LogP contribution in [0.4, 0.5) is 0 Å². The molecular formula is C16H24BClO4. The normalized spacial score (nSPS) is 22.6. The van der Waals surface area contributed by atoms with E-state index in [1.807, 2.05) is 39.8 Å². The first-order valence-corrected chi connectivity index (χ1v) is 8.09. The van der Waals surface area contributed by atoms with Crippen LogP contribution < -0.4 is 5.46 Å². The zero-order valence-electron chi connectivity index (χ0n) is 13.5. The van der Waals surface area contributed by atoms with Crippen molar-refractivity contribution in [2.75, 3.05) is 5.88 Å². The second-order valence-corrected chi connectivity index (χ2v) is 7.12. The number of hydrogen-bond donors (Lipinski definition) is 2. The lowest BCUT2D eigenvalue weighted by atomic mass is 9.78. The Morgan fingerprint density at radius 2 is 1.55 bits per heavy atom. The van der Waals surface area contributed by atoms with E-state index >= 15 is 0 Å². The maximum Gasteiger partial charge on any atom is 0.494 e. The number of benzene rings is 1. The van der Waals surface area contributed by atoms with Crippen molar-refractivity contribution < 1.29 is 19.5 Å². The smallest absolute Gasteiger partial charge is 0.399 e.